The Morgan fingerprint density at radius 3 is 2.06 bits per heavy atom. The van der Waals surface area contributed by atoms with Gasteiger partial charge < -0.3 is 14.2 Å². The Morgan fingerprint density at radius 2 is 1.67 bits per heavy atom. The number of halogens is 1. The van der Waals surface area contributed by atoms with Crippen LogP contribution in [0.25, 0.3) is 4.91 Å². The lowest BCUT2D eigenvalue weighted by molar-refractivity contribution is 0.324. The minimum Gasteiger partial charge on any atom is -0.493 e. The third kappa shape index (κ3) is 2.56. The fraction of sp³-hybridized carbons (Fsp3) is 0.385. The van der Waals surface area contributed by atoms with Crippen LogP contribution in [0.2, 0.25) is 0 Å². The van der Waals surface area contributed by atoms with Crippen LogP contribution in [0, 0.1) is 0 Å². The van der Waals surface area contributed by atoms with Crippen molar-refractivity contribution in [3.63, 3.8) is 0 Å². The smallest absolute Gasteiger partial charge is 0.203 e. The van der Waals surface area contributed by atoms with Crippen molar-refractivity contribution in [1.82, 2.24) is 0 Å². The molecule has 0 spiro atoms. The number of ether oxygens (including phenoxy) is 3. The fourth-order valence-electron chi connectivity index (χ4n) is 1.89. The molecular formula is C13H15IO3S. The molecular weight excluding hydrogens is 363 g/mol. The van der Waals surface area contributed by atoms with Crippen molar-refractivity contribution >= 4 is 39.3 Å². The molecule has 0 saturated heterocycles. The van der Waals surface area contributed by atoms with E-state index in [2.05, 4.69) is 22.6 Å². The van der Waals surface area contributed by atoms with Crippen molar-refractivity contribution in [3.8, 4) is 17.2 Å². The Balaban J connectivity index is 2.53. The van der Waals surface area contributed by atoms with Crippen molar-refractivity contribution in [1.29, 1.82) is 0 Å². The molecule has 0 radical (unpaired) electrons. The first-order valence-electron chi connectivity index (χ1n) is 5.53. The standard InChI is InChI=1S/C13H15IO3S/c1-15-10-6-8(13-9(14)4-5-18-13)7-11(16-2)12(10)17-3/h6-7H,4-5H2,1-3H3. The second-order valence-corrected chi connectivity index (χ2v) is 6.15. The average molecular weight is 378 g/mol. The zero-order valence-electron chi connectivity index (χ0n) is 10.6. The third-order valence-electron chi connectivity index (χ3n) is 2.74. The van der Waals surface area contributed by atoms with Crippen LogP contribution < -0.4 is 14.2 Å². The lowest BCUT2D eigenvalue weighted by atomic mass is 10.1. The maximum atomic E-state index is 5.37. The number of rotatable bonds is 4. The minimum atomic E-state index is 0.641. The predicted molar refractivity (Wildman–Crippen MR) is 84.1 cm³/mol. The monoisotopic (exact) mass is 378 g/mol. The van der Waals surface area contributed by atoms with Crippen LogP contribution in [0.1, 0.15) is 12.0 Å². The zero-order chi connectivity index (χ0) is 13.1. The fourth-order valence-corrected chi connectivity index (χ4v) is 4.35. The Kier molecular flexibility index (Phi) is 4.66. The quantitative estimate of drug-likeness (QED) is 0.742. The van der Waals surface area contributed by atoms with E-state index in [1.54, 1.807) is 21.3 Å². The summed E-state index contributed by atoms with van der Waals surface area (Å²) in [6, 6.07) is 4.02. The summed E-state index contributed by atoms with van der Waals surface area (Å²) >= 11 is 4.28. The van der Waals surface area contributed by atoms with Crippen molar-refractivity contribution in [2.45, 2.75) is 6.42 Å². The third-order valence-corrected chi connectivity index (χ3v) is 5.37. The molecule has 18 heavy (non-hydrogen) atoms. The van der Waals surface area contributed by atoms with Crippen LogP contribution >= 0.6 is 34.4 Å². The Bertz CT molecular complexity index is 460. The number of thioether (sulfide) groups is 1. The minimum absolute atomic E-state index is 0.641. The van der Waals surface area contributed by atoms with Gasteiger partial charge in [0.2, 0.25) is 5.75 Å². The molecule has 0 amide bonds. The first-order chi connectivity index (χ1) is 8.71. The van der Waals surface area contributed by atoms with Crippen molar-refractivity contribution < 1.29 is 14.2 Å². The highest BCUT2D eigenvalue weighted by Gasteiger charge is 2.19. The van der Waals surface area contributed by atoms with Crippen molar-refractivity contribution in [2.24, 2.45) is 0 Å². The van der Waals surface area contributed by atoms with Crippen LogP contribution in [0.15, 0.2) is 15.7 Å². The highest BCUT2D eigenvalue weighted by Crippen LogP contribution is 2.47. The maximum absolute atomic E-state index is 5.37. The molecule has 1 aliphatic rings. The number of methoxy groups -OCH3 is 3. The second-order valence-electron chi connectivity index (χ2n) is 3.75. The summed E-state index contributed by atoms with van der Waals surface area (Å²) in [6.07, 6.45) is 1.14. The second kappa shape index (κ2) is 6.06. The van der Waals surface area contributed by atoms with Gasteiger partial charge in [-0.25, -0.2) is 0 Å². The summed E-state index contributed by atoms with van der Waals surface area (Å²) in [4.78, 5) is 1.31. The van der Waals surface area contributed by atoms with Crippen LogP contribution in [0.4, 0.5) is 0 Å². The molecule has 1 heterocycles. The molecule has 1 aromatic rings. The molecule has 0 unspecified atom stereocenters. The molecule has 0 atom stereocenters. The molecule has 5 heteroatoms. The van der Waals surface area contributed by atoms with E-state index in [1.165, 1.54) is 8.48 Å². The Labute approximate surface area is 125 Å². The molecule has 0 fully saturated rings. The SMILES string of the molecule is COc1cc(C2=C(I)CCS2)cc(OC)c1OC. The molecule has 0 aliphatic carbocycles. The number of hydrogen-bond acceptors (Lipinski definition) is 4. The molecule has 1 aliphatic heterocycles. The van der Waals surface area contributed by atoms with Crippen LogP contribution in [-0.2, 0) is 0 Å². The molecule has 0 saturated carbocycles. The lowest BCUT2D eigenvalue weighted by Gasteiger charge is -2.14. The number of benzene rings is 1. The van der Waals surface area contributed by atoms with Crippen LogP contribution in [0.3, 0.4) is 0 Å². The summed E-state index contributed by atoms with van der Waals surface area (Å²) in [5.41, 5.74) is 1.14. The first kappa shape index (κ1) is 13.9. The van der Waals surface area contributed by atoms with Gasteiger partial charge in [0.05, 0.1) is 21.3 Å². The highest BCUT2D eigenvalue weighted by atomic mass is 127. The summed E-state index contributed by atoms with van der Waals surface area (Å²) in [7, 11) is 4.90. The topological polar surface area (TPSA) is 27.7 Å². The van der Waals surface area contributed by atoms with Gasteiger partial charge in [-0.2, -0.15) is 0 Å². The van der Waals surface area contributed by atoms with Gasteiger partial charge in [-0.15, -0.1) is 11.8 Å². The van der Waals surface area contributed by atoms with Gasteiger partial charge >= 0.3 is 0 Å². The van der Waals surface area contributed by atoms with Gasteiger partial charge in [0, 0.05) is 14.2 Å². The zero-order valence-corrected chi connectivity index (χ0v) is 13.6. The summed E-state index contributed by atoms with van der Waals surface area (Å²) < 4.78 is 17.5. The van der Waals surface area contributed by atoms with E-state index in [1.807, 2.05) is 23.9 Å². The Hall–Kier alpha value is -0.560. The normalized spacial score (nSPS) is 14.9. The predicted octanol–water partition coefficient (Wildman–Crippen LogP) is 3.95. The molecule has 98 valence electrons. The first-order valence-corrected chi connectivity index (χ1v) is 7.59. The van der Waals surface area contributed by atoms with E-state index in [4.69, 9.17) is 14.2 Å². The van der Waals surface area contributed by atoms with Crippen molar-refractivity contribution in [3.05, 3.63) is 21.3 Å². The van der Waals surface area contributed by atoms with Gasteiger partial charge in [-0.3, -0.25) is 0 Å². The number of hydrogen-bond donors (Lipinski definition) is 0. The summed E-state index contributed by atoms with van der Waals surface area (Å²) in [6.45, 7) is 0. The van der Waals surface area contributed by atoms with E-state index in [0.29, 0.717) is 17.2 Å². The van der Waals surface area contributed by atoms with E-state index >= 15 is 0 Å². The van der Waals surface area contributed by atoms with Crippen molar-refractivity contribution in [2.75, 3.05) is 27.1 Å². The lowest BCUT2D eigenvalue weighted by Crippen LogP contribution is -1.96. The van der Waals surface area contributed by atoms with Crippen LogP contribution in [-0.4, -0.2) is 27.1 Å². The molecule has 3 nitrogen and oxygen atoms in total. The van der Waals surface area contributed by atoms with E-state index in [0.717, 1.165) is 17.7 Å². The van der Waals surface area contributed by atoms with Gasteiger partial charge in [-0.05, 0) is 46.7 Å². The Morgan fingerprint density at radius 1 is 1.06 bits per heavy atom. The molecule has 0 aromatic heterocycles. The van der Waals surface area contributed by atoms with E-state index in [-0.39, 0.29) is 0 Å². The molecule has 1 aromatic carbocycles. The molecule has 0 N–H and O–H groups in total. The summed E-state index contributed by atoms with van der Waals surface area (Å²) in [5, 5.41) is 0. The van der Waals surface area contributed by atoms with Gasteiger partial charge in [-0.1, -0.05) is 0 Å². The highest BCUT2D eigenvalue weighted by molar-refractivity contribution is 14.1. The van der Waals surface area contributed by atoms with Crippen LogP contribution in [0.5, 0.6) is 17.2 Å². The molecule has 2 rings (SSSR count). The maximum Gasteiger partial charge on any atom is 0.203 e. The van der Waals surface area contributed by atoms with E-state index < -0.39 is 0 Å². The van der Waals surface area contributed by atoms with Gasteiger partial charge in [0.25, 0.3) is 0 Å². The largest absolute Gasteiger partial charge is 0.493 e. The average Bonchev–Trinajstić information content (AvgIpc) is 2.83. The van der Waals surface area contributed by atoms with Gasteiger partial charge in [0.15, 0.2) is 11.5 Å². The summed E-state index contributed by atoms with van der Waals surface area (Å²) in [5.74, 6) is 3.19. The molecule has 0 bridgehead atoms. The number of allylic oxidation sites excluding steroid dienone is 1. The van der Waals surface area contributed by atoms with E-state index in [9.17, 15) is 0 Å². The van der Waals surface area contributed by atoms with Gasteiger partial charge in [0.1, 0.15) is 0 Å².